The molecular weight excluding hydrogens is 324 g/mol. The fourth-order valence-electron chi connectivity index (χ4n) is 2.67. The number of hydrogen-bond acceptors (Lipinski definition) is 2. The first-order valence-corrected chi connectivity index (χ1v) is 7.19. The van der Waals surface area contributed by atoms with E-state index in [0.29, 0.717) is 23.1 Å². The van der Waals surface area contributed by atoms with E-state index in [4.69, 9.17) is 0 Å². The number of H-pyrrole nitrogens is 1. The van der Waals surface area contributed by atoms with Crippen molar-refractivity contribution in [2.24, 2.45) is 0 Å². The number of aromatic nitrogens is 1. The van der Waals surface area contributed by atoms with Crippen molar-refractivity contribution in [2.45, 2.75) is 18.9 Å². The number of nitrogens with one attached hydrogen (secondary N) is 1. The van der Waals surface area contributed by atoms with Crippen molar-refractivity contribution in [2.75, 3.05) is 6.54 Å². The number of halogens is 1. The second-order valence-corrected chi connectivity index (χ2v) is 5.65. The fourth-order valence-corrected chi connectivity index (χ4v) is 3.28. The Hall–Kier alpha value is -1.82. The minimum Gasteiger partial charge on any atom is -0.480 e. The minimum absolute atomic E-state index is 0.266. The lowest BCUT2D eigenvalue weighted by Gasteiger charge is -2.20. The third-order valence-electron chi connectivity index (χ3n) is 3.66. The molecule has 5 nitrogen and oxygen atoms in total. The van der Waals surface area contributed by atoms with Gasteiger partial charge >= 0.3 is 5.97 Å². The van der Waals surface area contributed by atoms with Crippen LogP contribution in [0.3, 0.4) is 0 Å². The number of carboxylic acids is 1. The predicted octanol–water partition coefficient (Wildman–Crippen LogP) is 2.62. The molecule has 1 aliphatic rings. The standard InChI is InChI=1S/C14H13BrN2O3/c15-11-8-4-1-2-5-9(8)16-12(11)13(18)17-7-3-6-10(17)14(19)20/h1-2,4-5,10,16H,3,6-7H2,(H,19,20)/t10-/m0/s1. The zero-order valence-corrected chi connectivity index (χ0v) is 12.2. The molecule has 0 saturated carbocycles. The minimum atomic E-state index is -0.942. The SMILES string of the molecule is O=C(O)[C@@H]1CCCN1C(=O)c1[nH]c2ccccc2c1Br. The monoisotopic (exact) mass is 336 g/mol. The number of benzene rings is 1. The number of carbonyl (C=O) groups is 2. The van der Waals surface area contributed by atoms with Gasteiger partial charge in [-0.15, -0.1) is 0 Å². The number of amides is 1. The topological polar surface area (TPSA) is 73.4 Å². The Kier molecular flexibility index (Phi) is 3.25. The molecule has 0 bridgehead atoms. The van der Waals surface area contributed by atoms with Crippen LogP contribution in [0.1, 0.15) is 23.3 Å². The number of aromatic amines is 1. The van der Waals surface area contributed by atoms with Crippen LogP contribution in [0.2, 0.25) is 0 Å². The van der Waals surface area contributed by atoms with E-state index in [9.17, 15) is 14.7 Å². The maximum absolute atomic E-state index is 12.6. The zero-order valence-electron chi connectivity index (χ0n) is 10.6. The van der Waals surface area contributed by atoms with Crippen LogP contribution >= 0.6 is 15.9 Å². The van der Waals surface area contributed by atoms with E-state index in [1.165, 1.54) is 4.90 Å². The molecule has 20 heavy (non-hydrogen) atoms. The summed E-state index contributed by atoms with van der Waals surface area (Å²) in [6.45, 7) is 0.484. The summed E-state index contributed by atoms with van der Waals surface area (Å²) in [6, 6.07) is 6.85. The van der Waals surface area contributed by atoms with Crippen LogP contribution in [0.4, 0.5) is 0 Å². The van der Waals surface area contributed by atoms with Crippen molar-refractivity contribution in [3.63, 3.8) is 0 Å². The Morgan fingerprint density at radius 1 is 1.35 bits per heavy atom. The largest absolute Gasteiger partial charge is 0.480 e. The lowest BCUT2D eigenvalue weighted by atomic mass is 10.2. The highest BCUT2D eigenvalue weighted by Crippen LogP contribution is 2.30. The van der Waals surface area contributed by atoms with Crippen LogP contribution in [-0.4, -0.2) is 39.5 Å². The van der Waals surface area contributed by atoms with Gasteiger partial charge in [-0.05, 0) is 34.8 Å². The molecule has 0 radical (unpaired) electrons. The Morgan fingerprint density at radius 3 is 2.80 bits per heavy atom. The Bertz CT molecular complexity index is 695. The molecule has 104 valence electrons. The number of fused-ring (bicyclic) bond motifs is 1. The number of carbonyl (C=O) groups excluding carboxylic acids is 1. The highest BCUT2D eigenvalue weighted by Gasteiger charge is 2.35. The predicted molar refractivity (Wildman–Crippen MR) is 77.7 cm³/mol. The van der Waals surface area contributed by atoms with Gasteiger partial charge in [-0.3, -0.25) is 4.79 Å². The van der Waals surface area contributed by atoms with Gasteiger partial charge in [-0.1, -0.05) is 18.2 Å². The van der Waals surface area contributed by atoms with E-state index < -0.39 is 12.0 Å². The number of nitrogens with zero attached hydrogens (tertiary/aromatic N) is 1. The van der Waals surface area contributed by atoms with E-state index >= 15 is 0 Å². The van der Waals surface area contributed by atoms with E-state index in [0.717, 1.165) is 17.3 Å². The van der Waals surface area contributed by atoms with Crippen molar-refractivity contribution >= 4 is 38.7 Å². The first-order valence-electron chi connectivity index (χ1n) is 6.39. The lowest BCUT2D eigenvalue weighted by molar-refractivity contribution is -0.141. The summed E-state index contributed by atoms with van der Waals surface area (Å²) >= 11 is 3.43. The van der Waals surface area contributed by atoms with Gasteiger partial charge in [0.25, 0.3) is 5.91 Å². The van der Waals surface area contributed by atoms with Crippen LogP contribution < -0.4 is 0 Å². The van der Waals surface area contributed by atoms with E-state index in [2.05, 4.69) is 20.9 Å². The average Bonchev–Trinajstić information content (AvgIpc) is 3.04. The number of likely N-dealkylation sites (tertiary alicyclic amines) is 1. The van der Waals surface area contributed by atoms with Crippen LogP contribution in [0.25, 0.3) is 10.9 Å². The molecule has 2 aromatic rings. The summed E-state index contributed by atoms with van der Waals surface area (Å²) in [6.07, 6.45) is 1.24. The summed E-state index contributed by atoms with van der Waals surface area (Å²) in [4.78, 5) is 28.2. The molecule has 2 heterocycles. The van der Waals surface area contributed by atoms with Crippen LogP contribution in [0.15, 0.2) is 28.7 Å². The quantitative estimate of drug-likeness (QED) is 0.885. The summed E-state index contributed by atoms with van der Waals surface area (Å²) in [5, 5.41) is 10.1. The number of carboxylic acid groups (broad SMARTS) is 1. The Labute approximate surface area is 123 Å². The molecule has 1 fully saturated rings. The first kappa shape index (κ1) is 13.2. The van der Waals surface area contributed by atoms with Gasteiger partial charge in [0.1, 0.15) is 11.7 Å². The molecule has 6 heteroatoms. The maximum Gasteiger partial charge on any atom is 0.326 e. The van der Waals surface area contributed by atoms with Gasteiger partial charge in [0.2, 0.25) is 0 Å². The van der Waals surface area contributed by atoms with Crippen molar-refractivity contribution in [3.05, 3.63) is 34.4 Å². The highest BCUT2D eigenvalue weighted by molar-refractivity contribution is 9.10. The van der Waals surface area contributed by atoms with Crippen LogP contribution in [0.5, 0.6) is 0 Å². The zero-order chi connectivity index (χ0) is 14.3. The third-order valence-corrected chi connectivity index (χ3v) is 4.48. The molecule has 1 aromatic heterocycles. The first-order chi connectivity index (χ1) is 9.59. The van der Waals surface area contributed by atoms with Crippen molar-refractivity contribution in [3.8, 4) is 0 Å². The molecule has 1 aliphatic heterocycles. The van der Waals surface area contributed by atoms with Crippen molar-refractivity contribution in [1.29, 1.82) is 0 Å². The molecular formula is C14H13BrN2O3. The van der Waals surface area contributed by atoms with Gasteiger partial charge < -0.3 is 15.0 Å². The molecule has 0 spiro atoms. The van der Waals surface area contributed by atoms with E-state index in [1.807, 2.05) is 24.3 Å². The summed E-state index contributed by atoms with van der Waals surface area (Å²) in [7, 11) is 0. The Balaban J connectivity index is 2.00. The molecule has 1 aromatic carbocycles. The number of rotatable bonds is 2. The smallest absolute Gasteiger partial charge is 0.326 e. The van der Waals surface area contributed by atoms with Crippen molar-refractivity contribution < 1.29 is 14.7 Å². The average molecular weight is 337 g/mol. The Morgan fingerprint density at radius 2 is 2.10 bits per heavy atom. The summed E-state index contributed by atoms with van der Waals surface area (Å²) in [5.41, 5.74) is 1.27. The van der Waals surface area contributed by atoms with Gasteiger partial charge in [0.15, 0.2) is 0 Å². The van der Waals surface area contributed by atoms with E-state index in [-0.39, 0.29) is 5.91 Å². The normalized spacial score (nSPS) is 18.6. The second-order valence-electron chi connectivity index (χ2n) is 4.85. The molecule has 0 unspecified atom stereocenters. The summed E-state index contributed by atoms with van der Waals surface area (Å²) < 4.78 is 0.689. The lowest BCUT2D eigenvalue weighted by Crippen LogP contribution is -2.40. The maximum atomic E-state index is 12.6. The molecule has 1 amide bonds. The van der Waals surface area contributed by atoms with E-state index in [1.54, 1.807) is 0 Å². The number of hydrogen-bond donors (Lipinski definition) is 2. The number of para-hydroxylation sites is 1. The molecule has 2 N–H and O–H groups in total. The van der Waals surface area contributed by atoms with Gasteiger partial charge in [-0.2, -0.15) is 0 Å². The van der Waals surface area contributed by atoms with Crippen LogP contribution in [0, 0.1) is 0 Å². The van der Waals surface area contributed by atoms with Crippen molar-refractivity contribution in [1.82, 2.24) is 9.88 Å². The third kappa shape index (κ3) is 2.00. The summed E-state index contributed by atoms with van der Waals surface area (Å²) in [5.74, 6) is -1.21. The second kappa shape index (κ2) is 4.94. The van der Waals surface area contributed by atoms with Gasteiger partial charge in [0, 0.05) is 17.4 Å². The fraction of sp³-hybridized carbons (Fsp3) is 0.286. The van der Waals surface area contributed by atoms with Crippen LogP contribution in [-0.2, 0) is 4.79 Å². The molecule has 3 rings (SSSR count). The number of aliphatic carboxylic acids is 1. The molecule has 1 atom stereocenters. The van der Waals surface area contributed by atoms with Gasteiger partial charge in [0.05, 0.1) is 4.47 Å². The molecule has 1 saturated heterocycles. The molecule has 0 aliphatic carbocycles. The van der Waals surface area contributed by atoms with Gasteiger partial charge in [-0.25, -0.2) is 4.79 Å². The highest BCUT2D eigenvalue weighted by atomic mass is 79.9.